The predicted molar refractivity (Wildman–Crippen MR) is 57.8 cm³/mol. The Morgan fingerprint density at radius 2 is 2.00 bits per heavy atom. The molecule has 0 saturated carbocycles. The standard InChI is InChI=1S/C10H17N3O2/c1-14-8-9-15-7-3-6-13-10-11-4-2-5-12-10/h2,4-5H,3,6-9H2,1H3,(H,11,12,13). The third kappa shape index (κ3) is 5.98. The van der Waals surface area contributed by atoms with E-state index in [0.29, 0.717) is 19.2 Å². The van der Waals surface area contributed by atoms with Crippen LogP contribution in [0.2, 0.25) is 0 Å². The summed E-state index contributed by atoms with van der Waals surface area (Å²) in [5, 5.41) is 3.10. The van der Waals surface area contributed by atoms with Crippen LogP contribution in [0.4, 0.5) is 5.95 Å². The van der Waals surface area contributed by atoms with Gasteiger partial charge in [0, 0.05) is 32.7 Å². The van der Waals surface area contributed by atoms with E-state index in [2.05, 4.69) is 15.3 Å². The first-order valence-corrected chi connectivity index (χ1v) is 5.01. The van der Waals surface area contributed by atoms with Gasteiger partial charge in [-0.2, -0.15) is 0 Å². The van der Waals surface area contributed by atoms with Crippen molar-refractivity contribution in [2.24, 2.45) is 0 Å². The zero-order valence-electron chi connectivity index (χ0n) is 8.98. The van der Waals surface area contributed by atoms with Gasteiger partial charge in [-0.3, -0.25) is 0 Å². The van der Waals surface area contributed by atoms with Crippen LogP contribution in [0.25, 0.3) is 0 Å². The minimum atomic E-state index is 0.648. The van der Waals surface area contributed by atoms with E-state index in [9.17, 15) is 0 Å². The molecule has 5 heteroatoms. The molecular weight excluding hydrogens is 194 g/mol. The minimum Gasteiger partial charge on any atom is -0.382 e. The summed E-state index contributed by atoms with van der Waals surface area (Å²) in [4.78, 5) is 8.09. The van der Waals surface area contributed by atoms with Crippen LogP contribution in [0, 0.1) is 0 Å². The highest BCUT2D eigenvalue weighted by Gasteiger charge is 1.92. The number of nitrogens with zero attached hydrogens (tertiary/aromatic N) is 2. The lowest BCUT2D eigenvalue weighted by atomic mass is 10.4. The predicted octanol–water partition coefficient (Wildman–Crippen LogP) is 0.942. The van der Waals surface area contributed by atoms with Crippen LogP contribution in [-0.2, 0) is 9.47 Å². The van der Waals surface area contributed by atoms with E-state index in [-0.39, 0.29) is 0 Å². The monoisotopic (exact) mass is 211 g/mol. The maximum atomic E-state index is 5.31. The molecule has 1 aromatic heterocycles. The summed E-state index contributed by atoms with van der Waals surface area (Å²) in [6.07, 6.45) is 4.36. The maximum absolute atomic E-state index is 5.31. The van der Waals surface area contributed by atoms with Gasteiger partial charge in [0.2, 0.25) is 5.95 Å². The van der Waals surface area contributed by atoms with Crippen LogP contribution in [0.3, 0.4) is 0 Å². The summed E-state index contributed by atoms with van der Waals surface area (Å²) in [6, 6.07) is 1.79. The smallest absolute Gasteiger partial charge is 0.222 e. The molecular formula is C10H17N3O2. The molecule has 0 spiro atoms. The summed E-state index contributed by atoms with van der Waals surface area (Å²) in [7, 11) is 1.66. The molecule has 0 radical (unpaired) electrons. The van der Waals surface area contributed by atoms with Gasteiger partial charge in [0.15, 0.2) is 0 Å². The van der Waals surface area contributed by atoms with E-state index >= 15 is 0 Å². The van der Waals surface area contributed by atoms with E-state index in [1.165, 1.54) is 0 Å². The number of anilines is 1. The first-order chi connectivity index (χ1) is 7.43. The molecule has 0 amide bonds. The van der Waals surface area contributed by atoms with Crippen molar-refractivity contribution >= 4 is 5.95 Å². The molecule has 5 nitrogen and oxygen atoms in total. The van der Waals surface area contributed by atoms with Crippen molar-refractivity contribution in [1.29, 1.82) is 0 Å². The SMILES string of the molecule is COCCOCCCNc1ncccn1. The normalized spacial score (nSPS) is 10.2. The fourth-order valence-electron chi connectivity index (χ4n) is 1.01. The van der Waals surface area contributed by atoms with Crippen molar-refractivity contribution in [3.05, 3.63) is 18.5 Å². The second-order valence-electron chi connectivity index (χ2n) is 2.96. The summed E-state index contributed by atoms with van der Waals surface area (Å²) >= 11 is 0. The number of rotatable bonds is 8. The van der Waals surface area contributed by atoms with E-state index < -0.39 is 0 Å². The third-order valence-electron chi connectivity index (χ3n) is 1.75. The first-order valence-electron chi connectivity index (χ1n) is 5.01. The molecule has 1 aromatic rings. The van der Waals surface area contributed by atoms with Crippen LogP contribution in [-0.4, -0.2) is 43.4 Å². The Hall–Kier alpha value is -1.20. The molecule has 0 aliphatic heterocycles. The topological polar surface area (TPSA) is 56.3 Å². The molecule has 0 saturated heterocycles. The van der Waals surface area contributed by atoms with Gasteiger partial charge in [-0.15, -0.1) is 0 Å². The number of methoxy groups -OCH3 is 1. The summed E-state index contributed by atoms with van der Waals surface area (Å²) in [6.45, 7) is 2.84. The number of ether oxygens (including phenoxy) is 2. The fourth-order valence-corrected chi connectivity index (χ4v) is 1.01. The first kappa shape index (κ1) is 11.9. The molecule has 1 rings (SSSR count). The van der Waals surface area contributed by atoms with Crippen LogP contribution >= 0.6 is 0 Å². The Bertz CT molecular complexity index is 244. The van der Waals surface area contributed by atoms with Crippen LogP contribution in [0.15, 0.2) is 18.5 Å². The second kappa shape index (κ2) is 8.14. The van der Waals surface area contributed by atoms with Crippen molar-refractivity contribution in [3.63, 3.8) is 0 Å². The van der Waals surface area contributed by atoms with Gasteiger partial charge >= 0.3 is 0 Å². The van der Waals surface area contributed by atoms with Crippen LogP contribution < -0.4 is 5.32 Å². The fraction of sp³-hybridized carbons (Fsp3) is 0.600. The maximum Gasteiger partial charge on any atom is 0.222 e. The third-order valence-corrected chi connectivity index (χ3v) is 1.75. The molecule has 0 aliphatic rings. The highest BCUT2D eigenvalue weighted by molar-refractivity contribution is 5.21. The Labute approximate surface area is 89.8 Å². The van der Waals surface area contributed by atoms with Crippen LogP contribution in [0.5, 0.6) is 0 Å². The van der Waals surface area contributed by atoms with Crippen molar-refractivity contribution < 1.29 is 9.47 Å². The Balaban J connectivity index is 1.93. The molecule has 0 bridgehead atoms. The molecule has 0 unspecified atom stereocenters. The van der Waals surface area contributed by atoms with Gasteiger partial charge in [0.05, 0.1) is 13.2 Å². The molecule has 0 aliphatic carbocycles. The zero-order chi connectivity index (χ0) is 10.8. The summed E-state index contributed by atoms with van der Waals surface area (Å²) in [5.41, 5.74) is 0. The molecule has 0 aromatic carbocycles. The van der Waals surface area contributed by atoms with Crippen LogP contribution in [0.1, 0.15) is 6.42 Å². The Morgan fingerprint density at radius 1 is 1.20 bits per heavy atom. The minimum absolute atomic E-state index is 0.648. The van der Waals surface area contributed by atoms with Crippen molar-refractivity contribution in [1.82, 2.24) is 9.97 Å². The van der Waals surface area contributed by atoms with Gasteiger partial charge in [0.1, 0.15) is 0 Å². The molecule has 1 heterocycles. The summed E-state index contributed by atoms with van der Waals surface area (Å²) in [5.74, 6) is 0.661. The lowest BCUT2D eigenvalue weighted by molar-refractivity contribution is 0.0705. The van der Waals surface area contributed by atoms with Gasteiger partial charge < -0.3 is 14.8 Å². The number of hydrogen-bond acceptors (Lipinski definition) is 5. The van der Waals surface area contributed by atoms with Crippen molar-refractivity contribution in [2.45, 2.75) is 6.42 Å². The zero-order valence-corrected chi connectivity index (χ0v) is 8.98. The number of nitrogens with one attached hydrogen (secondary N) is 1. The largest absolute Gasteiger partial charge is 0.382 e. The van der Waals surface area contributed by atoms with Crippen molar-refractivity contribution in [2.75, 3.05) is 38.8 Å². The Kier molecular flexibility index (Phi) is 6.44. The van der Waals surface area contributed by atoms with Crippen molar-refractivity contribution in [3.8, 4) is 0 Å². The van der Waals surface area contributed by atoms with E-state index in [4.69, 9.17) is 9.47 Å². The van der Waals surface area contributed by atoms with Gasteiger partial charge in [-0.05, 0) is 12.5 Å². The van der Waals surface area contributed by atoms with Gasteiger partial charge in [0.25, 0.3) is 0 Å². The lowest BCUT2D eigenvalue weighted by Gasteiger charge is -2.04. The van der Waals surface area contributed by atoms with Gasteiger partial charge in [-0.1, -0.05) is 0 Å². The molecule has 1 N–H and O–H groups in total. The average Bonchev–Trinajstić information content (AvgIpc) is 2.29. The second-order valence-corrected chi connectivity index (χ2v) is 2.96. The van der Waals surface area contributed by atoms with E-state index in [0.717, 1.165) is 19.6 Å². The van der Waals surface area contributed by atoms with E-state index in [1.54, 1.807) is 25.6 Å². The average molecular weight is 211 g/mol. The number of hydrogen-bond donors (Lipinski definition) is 1. The summed E-state index contributed by atoms with van der Waals surface area (Å²) < 4.78 is 10.2. The molecule has 0 fully saturated rings. The quantitative estimate of drug-likeness (QED) is 0.648. The molecule has 84 valence electrons. The highest BCUT2D eigenvalue weighted by atomic mass is 16.5. The highest BCUT2D eigenvalue weighted by Crippen LogP contribution is 1.93. The lowest BCUT2D eigenvalue weighted by Crippen LogP contribution is -2.09. The van der Waals surface area contributed by atoms with Gasteiger partial charge in [-0.25, -0.2) is 9.97 Å². The Morgan fingerprint density at radius 3 is 2.73 bits per heavy atom. The molecule has 0 atom stereocenters. The molecule has 15 heavy (non-hydrogen) atoms. The number of aromatic nitrogens is 2. The van der Waals surface area contributed by atoms with E-state index in [1.807, 2.05) is 0 Å².